The Morgan fingerprint density at radius 2 is 2.06 bits per heavy atom. The van der Waals surface area contributed by atoms with Crippen LogP contribution in [-0.4, -0.2) is 25.7 Å². The highest BCUT2D eigenvalue weighted by Crippen LogP contribution is 2.19. The molecule has 0 fully saturated rings. The number of nitrogen functional groups attached to an aromatic ring is 1. The first-order valence-electron chi connectivity index (χ1n) is 5.38. The molecule has 0 aliphatic heterocycles. The van der Waals surface area contributed by atoms with Gasteiger partial charge < -0.3 is 10.8 Å². The van der Waals surface area contributed by atoms with Crippen LogP contribution < -0.4 is 10.5 Å². The molecule has 0 spiro atoms. The Morgan fingerprint density at radius 1 is 1.44 bits per heavy atom. The summed E-state index contributed by atoms with van der Waals surface area (Å²) >= 11 is 0. The molecule has 18 heavy (non-hydrogen) atoms. The van der Waals surface area contributed by atoms with Crippen molar-refractivity contribution in [3.63, 3.8) is 0 Å². The first-order chi connectivity index (χ1) is 8.18. The number of sulfonamides is 1. The van der Waals surface area contributed by atoms with Gasteiger partial charge in [0.15, 0.2) is 0 Å². The van der Waals surface area contributed by atoms with Gasteiger partial charge >= 0.3 is 0 Å². The van der Waals surface area contributed by atoms with E-state index >= 15 is 0 Å². The Balaban J connectivity index is 3.03. The molecule has 0 heterocycles. The summed E-state index contributed by atoms with van der Waals surface area (Å²) in [6.07, 6.45) is 0.267. The Labute approximate surface area is 106 Å². The zero-order chi connectivity index (χ0) is 14.0. The number of halogens is 1. The lowest BCUT2D eigenvalue weighted by Gasteiger charge is -2.25. The molecule has 0 saturated heterocycles. The molecule has 102 valence electrons. The van der Waals surface area contributed by atoms with E-state index in [1.807, 2.05) is 0 Å². The minimum absolute atomic E-state index is 0.104. The Bertz CT molecular complexity index is 529. The van der Waals surface area contributed by atoms with Gasteiger partial charge in [0.1, 0.15) is 5.82 Å². The second-order valence-electron chi connectivity index (χ2n) is 4.65. The third-order valence-electron chi connectivity index (χ3n) is 2.43. The van der Waals surface area contributed by atoms with Crippen molar-refractivity contribution in [2.45, 2.75) is 30.7 Å². The molecule has 1 aromatic rings. The van der Waals surface area contributed by atoms with Crippen LogP contribution in [0.1, 0.15) is 20.3 Å². The van der Waals surface area contributed by atoms with Gasteiger partial charge in [-0.1, -0.05) is 0 Å². The van der Waals surface area contributed by atoms with Gasteiger partial charge in [-0.05, 0) is 38.5 Å². The fourth-order valence-electron chi connectivity index (χ4n) is 1.44. The summed E-state index contributed by atoms with van der Waals surface area (Å²) in [4.78, 5) is -0.104. The van der Waals surface area contributed by atoms with E-state index < -0.39 is 21.4 Å². The standard InChI is InChI=1S/C11H17FN2O3S/c1-11(2,5-6-15)14-18(16,17)8-3-4-9(12)10(13)7-8/h3-4,7,14-15H,5-6,13H2,1-2H3. The van der Waals surface area contributed by atoms with Crippen molar-refractivity contribution in [1.29, 1.82) is 0 Å². The predicted molar refractivity (Wildman–Crippen MR) is 66.9 cm³/mol. The molecular formula is C11H17FN2O3S. The number of anilines is 1. The molecule has 0 radical (unpaired) electrons. The number of rotatable bonds is 5. The Kier molecular flexibility index (Phi) is 4.31. The second kappa shape index (κ2) is 5.21. The van der Waals surface area contributed by atoms with E-state index in [0.717, 1.165) is 18.2 Å². The van der Waals surface area contributed by atoms with Crippen LogP contribution in [0.4, 0.5) is 10.1 Å². The maximum Gasteiger partial charge on any atom is 0.241 e. The van der Waals surface area contributed by atoms with Gasteiger partial charge in [0.25, 0.3) is 0 Å². The lowest BCUT2D eigenvalue weighted by Crippen LogP contribution is -2.43. The molecular weight excluding hydrogens is 259 g/mol. The van der Waals surface area contributed by atoms with Crippen molar-refractivity contribution >= 4 is 15.7 Å². The van der Waals surface area contributed by atoms with E-state index in [2.05, 4.69) is 4.72 Å². The third kappa shape index (κ3) is 3.66. The van der Waals surface area contributed by atoms with E-state index in [4.69, 9.17) is 10.8 Å². The topological polar surface area (TPSA) is 92.4 Å². The molecule has 0 bridgehead atoms. The van der Waals surface area contributed by atoms with Gasteiger partial charge in [-0.25, -0.2) is 17.5 Å². The Morgan fingerprint density at radius 3 is 2.56 bits per heavy atom. The van der Waals surface area contributed by atoms with Gasteiger partial charge in [0, 0.05) is 12.1 Å². The van der Waals surface area contributed by atoms with Crippen molar-refractivity contribution in [2.24, 2.45) is 0 Å². The van der Waals surface area contributed by atoms with Gasteiger partial charge in [0.05, 0.1) is 10.6 Å². The van der Waals surface area contributed by atoms with Crippen molar-refractivity contribution in [3.8, 4) is 0 Å². The fraction of sp³-hybridized carbons (Fsp3) is 0.455. The zero-order valence-electron chi connectivity index (χ0n) is 10.3. The SMILES string of the molecule is CC(C)(CCO)NS(=O)(=O)c1ccc(F)c(N)c1. The van der Waals surface area contributed by atoms with Crippen LogP contribution in [0.25, 0.3) is 0 Å². The lowest BCUT2D eigenvalue weighted by atomic mass is 10.0. The smallest absolute Gasteiger partial charge is 0.241 e. The van der Waals surface area contributed by atoms with Gasteiger partial charge in [-0.3, -0.25) is 0 Å². The molecule has 1 aromatic carbocycles. The van der Waals surface area contributed by atoms with E-state index in [0.29, 0.717) is 0 Å². The average Bonchev–Trinajstić information content (AvgIpc) is 2.20. The summed E-state index contributed by atoms with van der Waals surface area (Å²) in [6.45, 7) is 3.16. The molecule has 7 heteroatoms. The minimum Gasteiger partial charge on any atom is -0.396 e. The van der Waals surface area contributed by atoms with Crippen LogP contribution in [0.5, 0.6) is 0 Å². The van der Waals surface area contributed by atoms with E-state index in [9.17, 15) is 12.8 Å². The largest absolute Gasteiger partial charge is 0.396 e. The maximum absolute atomic E-state index is 13.0. The highest BCUT2D eigenvalue weighted by atomic mass is 32.2. The molecule has 0 amide bonds. The highest BCUT2D eigenvalue weighted by Gasteiger charge is 2.26. The van der Waals surface area contributed by atoms with Crippen LogP contribution >= 0.6 is 0 Å². The Hall–Kier alpha value is -1.18. The van der Waals surface area contributed by atoms with Crippen LogP contribution in [0, 0.1) is 5.82 Å². The van der Waals surface area contributed by atoms with Gasteiger partial charge in [-0.15, -0.1) is 0 Å². The number of aliphatic hydroxyl groups excluding tert-OH is 1. The van der Waals surface area contributed by atoms with Crippen molar-refractivity contribution in [1.82, 2.24) is 4.72 Å². The van der Waals surface area contributed by atoms with Crippen molar-refractivity contribution in [3.05, 3.63) is 24.0 Å². The molecule has 4 N–H and O–H groups in total. The first-order valence-corrected chi connectivity index (χ1v) is 6.86. The van der Waals surface area contributed by atoms with Gasteiger partial charge in [0.2, 0.25) is 10.0 Å². The number of hydrogen-bond donors (Lipinski definition) is 3. The molecule has 5 nitrogen and oxygen atoms in total. The van der Waals surface area contributed by atoms with Crippen LogP contribution in [0.15, 0.2) is 23.1 Å². The maximum atomic E-state index is 13.0. The van der Waals surface area contributed by atoms with Crippen LogP contribution in [-0.2, 0) is 10.0 Å². The summed E-state index contributed by atoms with van der Waals surface area (Å²) < 4.78 is 39.4. The number of benzene rings is 1. The normalized spacial score (nSPS) is 12.7. The monoisotopic (exact) mass is 276 g/mol. The number of hydrogen-bond acceptors (Lipinski definition) is 4. The van der Waals surface area contributed by atoms with Crippen molar-refractivity contribution < 1.29 is 17.9 Å². The first kappa shape index (κ1) is 14.9. The second-order valence-corrected chi connectivity index (χ2v) is 6.33. The quantitative estimate of drug-likeness (QED) is 0.695. The molecule has 1 rings (SSSR count). The van der Waals surface area contributed by atoms with E-state index in [1.165, 1.54) is 0 Å². The predicted octanol–water partition coefficient (Wildman–Crippen LogP) is 0.847. The summed E-state index contributed by atoms with van der Waals surface area (Å²) in [5.74, 6) is -0.663. The molecule has 0 unspecified atom stereocenters. The minimum atomic E-state index is -3.79. The van der Waals surface area contributed by atoms with Crippen molar-refractivity contribution in [2.75, 3.05) is 12.3 Å². The van der Waals surface area contributed by atoms with Crippen LogP contribution in [0.3, 0.4) is 0 Å². The highest BCUT2D eigenvalue weighted by molar-refractivity contribution is 7.89. The number of aliphatic hydroxyl groups is 1. The summed E-state index contributed by atoms with van der Waals surface area (Å²) in [5, 5.41) is 8.85. The molecule has 0 aromatic heterocycles. The average molecular weight is 276 g/mol. The van der Waals surface area contributed by atoms with Crippen LogP contribution in [0.2, 0.25) is 0 Å². The summed E-state index contributed by atoms with van der Waals surface area (Å²) in [7, 11) is -3.79. The molecule has 0 atom stereocenters. The summed E-state index contributed by atoms with van der Waals surface area (Å²) in [6, 6.07) is 3.21. The fourth-order valence-corrected chi connectivity index (χ4v) is 2.92. The number of nitrogens with two attached hydrogens (primary N) is 1. The zero-order valence-corrected chi connectivity index (χ0v) is 11.1. The summed E-state index contributed by atoms with van der Waals surface area (Å²) in [5.41, 5.74) is 4.31. The van der Waals surface area contributed by atoms with Gasteiger partial charge in [-0.2, -0.15) is 0 Å². The third-order valence-corrected chi connectivity index (χ3v) is 4.12. The van der Waals surface area contributed by atoms with E-state index in [-0.39, 0.29) is 23.6 Å². The molecule has 0 saturated carbocycles. The molecule has 0 aliphatic carbocycles. The van der Waals surface area contributed by atoms with E-state index in [1.54, 1.807) is 13.8 Å². The lowest BCUT2D eigenvalue weighted by molar-refractivity contribution is 0.246. The molecule has 0 aliphatic rings. The number of nitrogens with one attached hydrogen (secondary N) is 1.